The molecule has 3 N–H and O–H groups in total. The Kier molecular flexibility index (Phi) is 57.8. The van der Waals surface area contributed by atoms with Gasteiger partial charge in [-0.3, -0.25) is 24.0 Å². The molecule has 556 valence electrons. The number of carboxylic acids is 1. The number of ether oxygens (including phenoxy) is 3. The van der Waals surface area contributed by atoms with E-state index in [9.17, 15) is 44.4 Å². The molecule has 0 aromatic carbocycles. The van der Waals surface area contributed by atoms with Crippen molar-refractivity contribution < 1.29 is 88.2 Å². The molecule has 0 aromatic heterocycles. The molecule has 2 saturated carbocycles. The largest absolute Gasteiger partial charge is 1.00 e. The summed E-state index contributed by atoms with van der Waals surface area (Å²) in [6.45, 7) is 15.2. The van der Waals surface area contributed by atoms with Gasteiger partial charge in [0.25, 0.3) is 0 Å². The monoisotopic (exact) mass is 1390 g/mol. The SMILES string of the molecule is CC/C=C(/CCCCCCC/C=C\C/C=C\C=C\C(CC)C(C/C(O)=C\CC)C([O-])=C1CC1)OCCC(CC)OC(=O)CCCCCC/C=C/C(CCCCCCCC)C(CC(=O)O)/C(O)=C/CC.CCCCCC(/C=C/C=C\CCCCCCCC(=O)C1CC1)C1CC(=O)OC1=O.[Na+]. The number of aliphatic hydroxyl groups excluding tert-OH is 2. The van der Waals surface area contributed by atoms with Crippen molar-refractivity contribution in [2.75, 3.05) is 6.61 Å². The van der Waals surface area contributed by atoms with Gasteiger partial charge < -0.3 is 34.6 Å². The summed E-state index contributed by atoms with van der Waals surface area (Å²) in [5.74, 6) is 0.334. The molecule has 3 rings (SSSR count). The maximum atomic E-state index is 13.0. The molecule has 0 amide bonds. The van der Waals surface area contributed by atoms with Crippen LogP contribution in [0, 0.1) is 41.4 Å². The second-order valence-corrected chi connectivity index (χ2v) is 28.0. The Morgan fingerprint density at radius 2 is 1.13 bits per heavy atom. The third kappa shape index (κ3) is 48.0. The van der Waals surface area contributed by atoms with Crippen LogP contribution in [0.15, 0.2) is 120 Å². The van der Waals surface area contributed by atoms with Gasteiger partial charge in [0, 0.05) is 43.9 Å². The van der Waals surface area contributed by atoms with Crippen molar-refractivity contribution in [3.63, 3.8) is 0 Å². The summed E-state index contributed by atoms with van der Waals surface area (Å²) in [5.41, 5.74) is 1.03. The van der Waals surface area contributed by atoms with Crippen molar-refractivity contribution in [1.82, 2.24) is 0 Å². The molecule has 1 saturated heterocycles. The fourth-order valence-corrected chi connectivity index (χ4v) is 13.0. The van der Waals surface area contributed by atoms with Gasteiger partial charge in [0.1, 0.15) is 11.9 Å². The number of aliphatic carboxylic acids is 1. The number of esters is 3. The van der Waals surface area contributed by atoms with E-state index in [0.29, 0.717) is 49.8 Å². The van der Waals surface area contributed by atoms with Gasteiger partial charge in [-0.15, -0.1) is 5.76 Å². The molecule has 3 fully saturated rings. The van der Waals surface area contributed by atoms with Gasteiger partial charge in [-0.2, -0.15) is 0 Å². The average molecular weight is 1390 g/mol. The summed E-state index contributed by atoms with van der Waals surface area (Å²) >= 11 is 0. The first-order valence-electron chi connectivity index (χ1n) is 39.8. The van der Waals surface area contributed by atoms with Gasteiger partial charge in [-0.25, -0.2) is 0 Å². The number of carboxylic acid groups (broad SMARTS) is 1. The Bertz CT molecular complexity index is 2460. The summed E-state index contributed by atoms with van der Waals surface area (Å²) < 4.78 is 16.8. The Labute approximate surface area is 625 Å². The number of allylic oxidation sites excluding steroid dienone is 20. The first-order chi connectivity index (χ1) is 47.7. The number of ketones is 1. The molecular weight excluding hydrogens is 1250 g/mol. The number of unbranched alkanes of at least 4 members (excludes halogenated alkanes) is 21. The van der Waals surface area contributed by atoms with E-state index in [-0.39, 0.29) is 108 Å². The molecule has 0 bridgehead atoms. The minimum absolute atomic E-state index is 0. The number of hydrogen-bond acceptors (Lipinski definition) is 11. The van der Waals surface area contributed by atoms with Crippen molar-refractivity contribution in [1.29, 1.82) is 0 Å². The van der Waals surface area contributed by atoms with E-state index < -0.39 is 11.9 Å². The van der Waals surface area contributed by atoms with E-state index in [4.69, 9.17) is 14.2 Å². The van der Waals surface area contributed by atoms with Gasteiger partial charge in [-0.1, -0.05) is 236 Å². The zero-order chi connectivity index (χ0) is 71.6. The van der Waals surface area contributed by atoms with Crippen molar-refractivity contribution in [3.05, 3.63) is 120 Å². The van der Waals surface area contributed by atoms with Crippen LogP contribution < -0.4 is 34.7 Å². The summed E-state index contributed by atoms with van der Waals surface area (Å²) in [6.07, 6.45) is 74.5. The molecule has 0 aromatic rings. The van der Waals surface area contributed by atoms with E-state index in [1.165, 1.54) is 70.6 Å². The molecule has 2 aliphatic carbocycles. The van der Waals surface area contributed by atoms with Crippen LogP contribution in [0.4, 0.5) is 0 Å². The van der Waals surface area contributed by atoms with Gasteiger partial charge in [-0.05, 0) is 177 Å². The molecule has 1 aliphatic heterocycles. The van der Waals surface area contributed by atoms with Crippen molar-refractivity contribution in [3.8, 4) is 0 Å². The standard InChI is InChI=1S/C61H102O8.C25H38O4.Na/c1-7-13-14-15-26-32-40-51(56(49-59(64)65)58(63)38-10-4)41-33-28-24-25-30-35-43-60(66)69-54(12-6)46-47-68-55(37-9-3)42-34-29-23-21-19-17-16-18-20-22-27-31-39-50(11-5)57(48-53(62)36-8-2)61(67)52-44-45-52;1-2-3-11-14-20(22-19-24(27)29-25(22)28)15-12-9-7-5-4-6-8-10-13-16-23(26)21-17-18-21;/h16,18,22,27,31,33,36-39,41,50-51,54,56-57,62-63,67H,7-15,17,19-21,23-26,28-30,32,34-35,40,42-49H2,1-6H3,(H,64,65);7,9,12,15,20-22H,2-6,8,10-11,13-14,16-19H2,1H3;/q;;+1/p-1/b18-16-,27-22-,39-31+,41-33+,53-36+,55-37-,58-38-;9-7-,15-12+;. The fourth-order valence-electron chi connectivity index (χ4n) is 13.0. The quantitative estimate of drug-likeness (QED) is 0.00993. The summed E-state index contributed by atoms with van der Waals surface area (Å²) in [7, 11) is 0. The molecule has 13 heteroatoms. The molecule has 99 heavy (non-hydrogen) atoms. The maximum absolute atomic E-state index is 13.0. The number of carbonyl (C=O) groups excluding carboxylic acids is 4. The van der Waals surface area contributed by atoms with Gasteiger partial charge in [0.15, 0.2) is 0 Å². The minimum atomic E-state index is -0.877. The zero-order valence-electron chi connectivity index (χ0n) is 63.8. The van der Waals surface area contributed by atoms with Crippen LogP contribution in [0.1, 0.15) is 337 Å². The van der Waals surface area contributed by atoms with E-state index >= 15 is 0 Å². The van der Waals surface area contributed by atoms with Crippen molar-refractivity contribution in [2.45, 2.75) is 344 Å². The molecule has 7 atom stereocenters. The van der Waals surface area contributed by atoms with Crippen LogP contribution in [0.3, 0.4) is 0 Å². The predicted molar refractivity (Wildman–Crippen MR) is 403 cm³/mol. The van der Waals surface area contributed by atoms with Crippen LogP contribution >= 0.6 is 0 Å². The molecule has 0 spiro atoms. The third-order valence-corrected chi connectivity index (χ3v) is 19.3. The van der Waals surface area contributed by atoms with E-state index in [1.54, 1.807) is 6.08 Å². The maximum Gasteiger partial charge on any atom is 1.00 e. The van der Waals surface area contributed by atoms with Gasteiger partial charge in [0.2, 0.25) is 0 Å². The number of cyclic esters (lactones) is 2. The second kappa shape index (κ2) is 62.0. The number of carbonyl (C=O) groups is 5. The molecule has 3 aliphatic rings. The van der Waals surface area contributed by atoms with E-state index in [1.807, 2.05) is 26.0 Å². The van der Waals surface area contributed by atoms with Crippen molar-refractivity contribution >= 4 is 29.7 Å². The van der Waals surface area contributed by atoms with Crippen LogP contribution in [0.5, 0.6) is 0 Å². The zero-order valence-corrected chi connectivity index (χ0v) is 65.8. The van der Waals surface area contributed by atoms with E-state index in [0.717, 1.165) is 191 Å². The minimum Gasteiger partial charge on any atom is -0.875 e. The van der Waals surface area contributed by atoms with E-state index in [2.05, 4.69) is 108 Å². The smallest absolute Gasteiger partial charge is 0.875 e. The van der Waals surface area contributed by atoms with Gasteiger partial charge in [0.05, 0.1) is 42.6 Å². The number of aliphatic hydroxyl groups is 2. The van der Waals surface area contributed by atoms with Gasteiger partial charge >= 0.3 is 53.4 Å². The normalized spacial score (nSPS) is 17.1. The van der Waals surface area contributed by atoms with Crippen LogP contribution in [0.2, 0.25) is 0 Å². The average Bonchev–Trinajstić information content (AvgIpc) is 1.75. The van der Waals surface area contributed by atoms with Crippen LogP contribution in [-0.2, 0) is 38.2 Å². The van der Waals surface area contributed by atoms with Crippen LogP contribution in [0.25, 0.3) is 0 Å². The van der Waals surface area contributed by atoms with Crippen LogP contribution in [-0.4, -0.2) is 57.7 Å². The number of Topliss-reactive ketones (excluding diaryl/α,β-unsaturated/α-hetero) is 1. The van der Waals surface area contributed by atoms with Crippen molar-refractivity contribution in [2.24, 2.45) is 41.4 Å². The molecule has 0 radical (unpaired) electrons. The first-order valence-corrected chi connectivity index (χ1v) is 39.8. The second-order valence-electron chi connectivity index (χ2n) is 28.0. The summed E-state index contributed by atoms with van der Waals surface area (Å²) in [5, 5.41) is 43.6. The molecule has 1 heterocycles. The summed E-state index contributed by atoms with van der Waals surface area (Å²) in [4.78, 5) is 59.3. The number of hydrogen-bond donors (Lipinski definition) is 3. The third-order valence-electron chi connectivity index (χ3n) is 19.3. The Hall–Kier alpha value is -4.65. The summed E-state index contributed by atoms with van der Waals surface area (Å²) in [6, 6.07) is 0. The Balaban J connectivity index is 0.00000135. The molecular formula is C86H139NaO12. The fraction of sp³-hybridized carbons (Fsp3) is 0.709. The predicted octanol–water partition coefficient (Wildman–Crippen LogP) is 20.4. The Morgan fingerprint density at radius 1 is 0.556 bits per heavy atom. The number of rotatable bonds is 61. The molecule has 7 unspecified atom stereocenters. The Morgan fingerprint density at radius 3 is 1.74 bits per heavy atom. The first kappa shape index (κ1) is 92.4. The topological polar surface area (TPSA) is 197 Å². The molecule has 12 nitrogen and oxygen atoms in total.